The minimum Gasteiger partial charge on any atom is -0.319 e. The molecular weight excluding hydrogens is 236 g/mol. The molecule has 2 atom stereocenters. The highest BCUT2D eigenvalue weighted by molar-refractivity contribution is 5.91. The number of piperidine rings is 1. The van der Waals surface area contributed by atoms with Crippen molar-refractivity contribution in [1.29, 1.82) is 0 Å². The molecule has 1 N–H and O–H groups in total. The fourth-order valence-electron chi connectivity index (χ4n) is 3.00. The van der Waals surface area contributed by atoms with Gasteiger partial charge in [-0.3, -0.25) is 0 Å². The van der Waals surface area contributed by atoms with Gasteiger partial charge in [0.15, 0.2) is 0 Å². The maximum atomic E-state index is 12.5. The van der Waals surface area contributed by atoms with E-state index >= 15 is 0 Å². The van der Waals surface area contributed by atoms with E-state index < -0.39 is 0 Å². The number of rotatable bonds is 1. The van der Waals surface area contributed by atoms with E-state index in [1.165, 1.54) is 6.42 Å². The molecule has 1 aromatic rings. The largest absolute Gasteiger partial charge is 0.322 e. The van der Waals surface area contributed by atoms with E-state index in [1.807, 2.05) is 36.9 Å². The standard InChI is InChI=1S/C16H24N2O/c1-11-7-5-8-12(2)15(11)17-16(19)18-13(3)9-6-10-14(18)4/h5,7-8,13-14H,6,9-10H2,1-4H3,(H,17,19). The number of carbonyl (C=O) groups is 1. The smallest absolute Gasteiger partial charge is 0.319 e. The van der Waals surface area contributed by atoms with Crippen LogP contribution >= 0.6 is 0 Å². The van der Waals surface area contributed by atoms with Crippen LogP contribution in [0.25, 0.3) is 0 Å². The quantitative estimate of drug-likeness (QED) is 0.810. The van der Waals surface area contributed by atoms with E-state index in [4.69, 9.17) is 0 Å². The average molecular weight is 260 g/mol. The Morgan fingerprint density at radius 3 is 2.21 bits per heavy atom. The molecule has 19 heavy (non-hydrogen) atoms. The van der Waals surface area contributed by atoms with Crippen molar-refractivity contribution in [2.24, 2.45) is 0 Å². The van der Waals surface area contributed by atoms with Crippen molar-refractivity contribution in [3.05, 3.63) is 29.3 Å². The molecule has 0 aliphatic carbocycles. The van der Waals surface area contributed by atoms with Gasteiger partial charge in [-0.25, -0.2) is 4.79 Å². The van der Waals surface area contributed by atoms with E-state index in [0.29, 0.717) is 12.1 Å². The van der Waals surface area contributed by atoms with E-state index in [1.54, 1.807) is 0 Å². The Hall–Kier alpha value is -1.51. The number of hydrogen-bond acceptors (Lipinski definition) is 1. The number of anilines is 1. The van der Waals surface area contributed by atoms with Crippen LogP contribution in [0.15, 0.2) is 18.2 Å². The minimum absolute atomic E-state index is 0.0390. The highest BCUT2D eigenvalue weighted by Gasteiger charge is 2.29. The van der Waals surface area contributed by atoms with Crippen LogP contribution < -0.4 is 5.32 Å². The molecule has 3 heteroatoms. The van der Waals surface area contributed by atoms with Crippen LogP contribution in [0.2, 0.25) is 0 Å². The number of benzene rings is 1. The fourth-order valence-corrected chi connectivity index (χ4v) is 3.00. The van der Waals surface area contributed by atoms with Crippen LogP contribution in [-0.4, -0.2) is 23.0 Å². The lowest BCUT2D eigenvalue weighted by molar-refractivity contribution is 0.133. The second-order valence-electron chi connectivity index (χ2n) is 5.73. The van der Waals surface area contributed by atoms with Gasteiger partial charge in [0.25, 0.3) is 0 Å². The summed E-state index contributed by atoms with van der Waals surface area (Å²) in [6.45, 7) is 8.34. The first-order chi connectivity index (χ1) is 9.00. The van der Waals surface area contributed by atoms with Gasteiger partial charge in [-0.2, -0.15) is 0 Å². The molecule has 0 aromatic heterocycles. The third-order valence-electron chi connectivity index (χ3n) is 4.14. The number of carbonyl (C=O) groups excluding carboxylic acids is 1. The lowest BCUT2D eigenvalue weighted by atomic mass is 9.98. The van der Waals surface area contributed by atoms with Gasteiger partial charge >= 0.3 is 6.03 Å². The monoisotopic (exact) mass is 260 g/mol. The Morgan fingerprint density at radius 1 is 1.16 bits per heavy atom. The maximum absolute atomic E-state index is 12.5. The predicted molar refractivity (Wildman–Crippen MR) is 79.5 cm³/mol. The summed E-state index contributed by atoms with van der Waals surface area (Å²) in [4.78, 5) is 14.5. The fraction of sp³-hybridized carbons (Fsp3) is 0.562. The summed E-state index contributed by atoms with van der Waals surface area (Å²) in [5.74, 6) is 0. The molecule has 1 fully saturated rings. The number of urea groups is 1. The Balaban J connectivity index is 2.16. The molecular formula is C16H24N2O. The Morgan fingerprint density at radius 2 is 1.68 bits per heavy atom. The molecule has 0 spiro atoms. The lowest BCUT2D eigenvalue weighted by Gasteiger charge is -2.39. The van der Waals surface area contributed by atoms with Crippen molar-refractivity contribution in [3.8, 4) is 0 Å². The first-order valence-corrected chi connectivity index (χ1v) is 7.16. The van der Waals surface area contributed by atoms with Crippen molar-refractivity contribution in [2.45, 2.75) is 59.0 Å². The Bertz CT molecular complexity index is 440. The van der Waals surface area contributed by atoms with Gasteiger partial charge in [-0.05, 0) is 58.1 Å². The van der Waals surface area contributed by atoms with E-state index in [9.17, 15) is 4.79 Å². The summed E-state index contributed by atoms with van der Waals surface area (Å²) in [7, 11) is 0. The van der Waals surface area contributed by atoms with Crippen molar-refractivity contribution >= 4 is 11.7 Å². The summed E-state index contributed by atoms with van der Waals surface area (Å²) in [5.41, 5.74) is 3.19. The normalized spacial score (nSPS) is 23.3. The molecule has 1 heterocycles. The molecule has 2 rings (SSSR count). The number of para-hydroxylation sites is 1. The summed E-state index contributed by atoms with van der Waals surface area (Å²) in [6.07, 6.45) is 3.42. The van der Waals surface area contributed by atoms with E-state index in [-0.39, 0.29) is 6.03 Å². The summed E-state index contributed by atoms with van der Waals surface area (Å²) in [5, 5.41) is 3.10. The maximum Gasteiger partial charge on any atom is 0.322 e. The SMILES string of the molecule is Cc1cccc(C)c1NC(=O)N1C(C)CCCC1C. The van der Waals surface area contributed by atoms with E-state index in [0.717, 1.165) is 29.7 Å². The zero-order valence-electron chi connectivity index (χ0n) is 12.4. The van der Waals surface area contributed by atoms with Crippen LogP contribution in [0.4, 0.5) is 10.5 Å². The number of likely N-dealkylation sites (tertiary alicyclic amines) is 1. The minimum atomic E-state index is 0.0390. The molecule has 1 saturated heterocycles. The molecule has 0 bridgehead atoms. The van der Waals surface area contributed by atoms with Crippen molar-refractivity contribution < 1.29 is 4.79 Å². The predicted octanol–water partition coefficient (Wildman–Crippen LogP) is 4.10. The average Bonchev–Trinajstić information content (AvgIpc) is 2.34. The van der Waals surface area contributed by atoms with Crippen LogP contribution in [0.3, 0.4) is 0 Å². The number of nitrogens with one attached hydrogen (secondary N) is 1. The van der Waals surface area contributed by atoms with Gasteiger partial charge in [-0.1, -0.05) is 18.2 Å². The van der Waals surface area contributed by atoms with Crippen LogP contribution in [0.5, 0.6) is 0 Å². The summed E-state index contributed by atoms with van der Waals surface area (Å²) < 4.78 is 0. The van der Waals surface area contributed by atoms with Crippen molar-refractivity contribution in [1.82, 2.24) is 4.90 Å². The van der Waals surface area contributed by atoms with Gasteiger partial charge in [-0.15, -0.1) is 0 Å². The molecule has 2 amide bonds. The van der Waals surface area contributed by atoms with Crippen LogP contribution in [-0.2, 0) is 0 Å². The highest BCUT2D eigenvalue weighted by atomic mass is 16.2. The lowest BCUT2D eigenvalue weighted by Crippen LogP contribution is -2.49. The molecule has 104 valence electrons. The molecule has 0 saturated carbocycles. The molecule has 3 nitrogen and oxygen atoms in total. The van der Waals surface area contributed by atoms with Crippen molar-refractivity contribution in [2.75, 3.05) is 5.32 Å². The first-order valence-electron chi connectivity index (χ1n) is 7.16. The second-order valence-corrected chi connectivity index (χ2v) is 5.73. The molecule has 0 radical (unpaired) electrons. The summed E-state index contributed by atoms with van der Waals surface area (Å²) >= 11 is 0. The molecule has 2 unspecified atom stereocenters. The number of aryl methyl sites for hydroxylation is 2. The van der Waals surface area contributed by atoms with Crippen LogP contribution in [0.1, 0.15) is 44.2 Å². The number of amides is 2. The van der Waals surface area contributed by atoms with Gasteiger partial charge in [0, 0.05) is 17.8 Å². The first kappa shape index (κ1) is 13.9. The molecule has 1 aromatic carbocycles. The summed E-state index contributed by atoms with van der Waals surface area (Å²) in [6, 6.07) is 6.78. The zero-order chi connectivity index (χ0) is 14.0. The Kier molecular flexibility index (Phi) is 4.13. The van der Waals surface area contributed by atoms with Crippen LogP contribution in [0, 0.1) is 13.8 Å². The van der Waals surface area contributed by atoms with Gasteiger partial charge in [0.2, 0.25) is 0 Å². The molecule has 1 aliphatic rings. The topological polar surface area (TPSA) is 32.3 Å². The van der Waals surface area contributed by atoms with E-state index in [2.05, 4.69) is 19.2 Å². The second kappa shape index (κ2) is 5.64. The third-order valence-corrected chi connectivity index (χ3v) is 4.14. The van der Waals surface area contributed by atoms with Gasteiger partial charge in [0.05, 0.1) is 0 Å². The number of hydrogen-bond donors (Lipinski definition) is 1. The molecule has 1 aliphatic heterocycles. The van der Waals surface area contributed by atoms with Gasteiger partial charge < -0.3 is 10.2 Å². The third kappa shape index (κ3) is 2.91. The Labute approximate surface area is 116 Å². The number of nitrogens with zero attached hydrogens (tertiary/aromatic N) is 1. The van der Waals surface area contributed by atoms with Crippen molar-refractivity contribution in [3.63, 3.8) is 0 Å². The zero-order valence-corrected chi connectivity index (χ0v) is 12.4. The highest BCUT2D eigenvalue weighted by Crippen LogP contribution is 2.25. The van der Waals surface area contributed by atoms with Gasteiger partial charge in [0.1, 0.15) is 0 Å².